The molecule has 0 radical (unpaired) electrons. The first kappa shape index (κ1) is 82.6. The summed E-state index contributed by atoms with van der Waals surface area (Å²) < 4.78 is 10.8. The van der Waals surface area contributed by atoms with E-state index >= 15 is 0 Å². The lowest BCUT2D eigenvalue weighted by atomic mass is 10.0. The minimum absolute atomic E-state index is 0.0568. The highest BCUT2D eigenvalue weighted by atomic mass is 16.6. The second-order valence-corrected chi connectivity index (χ2v) is 27.2. The highest BCUT2D eigenvalue weighted by molar-refractivity contribution is 5.70. The van der Waals surface area contributed by atoms with Crippen molar-refractivity contribution in [2.45, 2.75) is 469 Å². The number of hydrogen-bond acceptors (Lipinski definition) is 5. The summed E-state index contributed by atoms with van der Waals surface area (Å²) in [4.78, 5) is 24.7. The van der Waals surface area contributed by atoms with Crippen LogP contribution in [0.15, 0.2) is 12.2 Å². The molecule has 84 heavy (non-hydrogen) atoms. The number of allylic oxidation sites excluding steroid dienone is 2. The van der Waals surface area contributed by atoms with Crippen LogP contribution in [-0.4, -0.2) is 36.4 Å². The standard InChI is InChI=1S/C79H154O5/c1-3-5-7-9-11-13-15-17-19-21-23-25-27-29-31-33-34-35-36-37-38-39-40-41-42-43-44-46-47-49-51-53-55-57-59-61-63-65-67-69-71-73-78(81)83-76-77(75-80)84-79(82)74-72-70-68-66-64-62-60-58-56-54-52-50-48-45-32-30-28-26-24-22-20-18-16-14-12-10-8-6-4-2/h22,24,77,80H,3-21,23,25-76H2,1-2H3/b24-22-. The highest BCUT2D eigenvalue weighted by Crippen LogP contribution is 2.20. The fourth-order valence-electron chi connectivity index (χ4n) is 12.7. The lowest BCUT2D eigenvalue weighted by Gasteiger charge is -2.15. The Morgan fingerprint density at radius 2 is 0.440 bits per heavy atom. The van der Waals surface area contributed by atoms with Gasteiger partial charge in [0.15, 0.2) is 6.10 Å². The maximum absolute atomic E-state index is 12.4. The van der Waals surface area contributed by atoms with Gasteiger partial charge in [-0.2, -0.15) is 0 Å². The van der Waals surface area contributed by atoms with E-state index in [0.717, 1.165) is 32.1 Å². The summed E-state index contributed by atoms with van der Waals surface area (Å²) in [5.41, 5.74) is 0. The molecule has 0 fully saturated rings. The van der Waals surface area contributed by atoms with E-state index in [4.69, 9.17) is 9.47 Å². The summed E-state index contributed by atoms with van der Waals surface area (Å²) in [6, 6.07) is 0. The predicted molar refractivity (Wildman–Crippen MR) is 372 cm³/mol. The van der Waals surface area contributed by atoms with Gasteiger partial charge in [-0.1, -0.05) is 424 Å². The Labute approximate surface area is 528 Å². The van der Waals surface area contributed by atoms with E-state index in [2.05, 4.69) is 26.0 Å². The van der Waals surface area contributed by atoms with E-state index in [-0.39, 0.29) is 25.2 Å². The van der Waals surface area contributed by atoms with E-state index in [1.54, 1.807) is 0 Å². The van der Waals surface area contributed by atoms with Crippen molar-refractivity contribution in [3.63, 3.8) is 0 Å². The quantitative estimate of drug-likeness (QED) is 0.0373. The third kappa shape index (κ3) is 73.1. The lowest BCUT2D eigenvalue weighted by molar-refractivity contribution is -0.161. The van der Waals surface area contributed by atoms with Crippen LogP contribution in [0.25, 0.3) is 0 Å². The number of unbranched alkanes of at least 4 members (excludes halogenated alkanes) is 65. The molecule has 0 aromatic rings. The Kier molecular flexibility index (Phi) is 74.7. The number of esters is 2. The monoisotopic (exact) mass is 1180 g/mol. The minimum atomic E-state index is -0.768. The smallest absolute Gasteiger partial charge is 0.306 e. The Morgan fingerprint density at radius 3 is 0.643 bits per heavy atom. The molecule has 0 aliphatic rings. The number of aliphatic hydroxyl groups excluding tert-OH is 1. The fraction of sp³-hybridized carbons (Fsp3) is 0.949. The molecule has 0 aliphatic heterocycles. The molecule has 0 aromatic carbocycles. The van der Waals surface area contributed by atoms with E-state index in [9.17, 15) is 14.7 Å². The van der Waals surface area contributed by atoms with Crippen LogP contribution in [0.2, 0.25) is 0 Å². The molecule has 0 bridgehead atoms. The maximum Gasteiger partial charge on any atom is 0.306 e. The normalized spacial score (nSPS) is 12.1. The summed E-state index contributed by atoms with van der Waals surface area (Å²) in [7, 11) is 0. The summed E-state index contributed by atoms with van der Waals surface area (Å²) in [6.45, 7) is 4.22. The molecular weight excluding hydrogens is 1030 g/mol. The fourth-order valence-corrected chi connectivity index (χ4v) is 12.7. The molecule has 1 N–H and O–H groups in total. The van der Waals surface area contributed by atoms with E-state index in [0.29, 0.717) is 12.8 Å². The van der Waals surface area contributed by atoms with Gasteiger partial charge in [0.05, 0.1) is 6.61 Å². The van der Waals surface area contributed by atoms with Gasteiger partial charge in [0.25, 0.3) is 0 Å². The summed E-state index contributed by atoms with van der Waals surface area (Å²) in [5.74, 6) is -0.560. The van der Waals surface area contributed by atoms with Crippen LogP contribution in [0, 0.1) is 0 Å². The minimum Gasteiger partial charge on any atom is -0.462 e. The van der Waals surface area contributed by atoms with Crippen molar-refractivity contribution in [3.05, 3.63) is 12.2 Å². The first-order chi connectivity index (χ1) is 41.6. The molecule has 0 saturated heterocycles. The average molecular weight is 1180 g/mol. The van der Waals surface area contributed by atoms with Crippen LogP contribution >= 0.6 is 0 Å². The number of aliphatic hydroxyl groups is 1. The first-order valence-corrected chi connectivity index (χ1v) is 39.2. The van der Waals surface area contributed by atoms with Crippen molar-refractivity contribution < 1.29 is 24.2 Å². The third-order valence-corrected chi connectivity index (χ3v) is 18.6. The van der Waals surface area contributed by atoms with E-state index < -0.39 is 6.10 Å². The Bertz CT molecular complexity index is 1250. The van der Waals surface area contributed by atoms with E-state index in [1.807, 2.05) is 0 Å². The summed E-state index contributed by atoms with van der Waals surface area (Å²) >= 11 is 0. The van der Waals surface area contributed by atoms with Crippen LogP contribution < -0.4 is 0 Å². The van der Waals surface area contributed by atoms with Gasteiger partial charge in [-0.05, 0) is 38.5 Å². The average Bonchev–Trinajstić information content (AvgIpc) is 3.51. The predicted octanol–water partition coefficient (Wildman–Crippen LogP) is 27.3. The summed E-state index contributed by atoms with van der Waals surface area (Å²) in [5, 5.41) is 9.72. The highest BCUT2D eigenvalue weighted by Gasteiger charge is 2.16. The van der Waals surface area contributed by atoms with Crippen LogP contribution in [-0.2, 0) is 19.1 Å². The molecule has 0 rings (SSSR count). The number of hydrogen-bond donors (Lipinski definition) is 1. The molecule has 0 aromatic heterocycles. The van der Waals surface area contributed by atoms with Crippen LogP contribution in [0.3, 0.4) is 0 Å². The Balaban J connectivity index is 3.33. The van der Waals surface area contributed by atoms with Gasteiger partial charge in [-0.15, -0.1) is 0 Å². The maximum atomic E-state index is 12.4. The van der Waals surface area contributed by atoms with E-state index in [1.165, 1.54) is 405 Å². The van der Waals surface area contributed by atoms with Crippen molar-refractivity contribution in [2.75, 3.05) is 13.2 Å². The molecule has 5 heteroatoms. The first-order valence-electron chi connectivity index (χ1n) is 39.2. The third-order valence-electron chi connectivity index (χ3n) is 18.6. The van der Waals surface area contributed by atoms with Gasteiger partial charge in [0.1, 0.15) is 6.61 Å². The molecule has 0 heterocycles. The topological polar surface area (TPSA) is 72.8 Å². The molecule has 0 amide bonds. The Morgan fingerprint density at radius 1 is 0.262 bits per heavy atom. The molecule has 1 unspecified atom stereocenters. The van der Waals surface area contributed by atoms with Gasteiger partial charge < -0.3 is 14.6 Å². The molecule has 500 valence electrons. The number of carbonyl (C=O) groups excluding carboxylic acids is 2. The molecular formula is C79H154O5. The number of rotatable bonds is 75. The second-order valence-electron chi connectivity index (χ2n) is 27.2. The Hall–Kier alpha value is -1.36. The zero-order chi connectivity index (χ0) is 60.5. The van der Waals surface area contributed by atoms with Crippen molar-refractivity contribution >= 4 is 11.9 Å². The molecule has 0 spiro atoms. The van der Waals surface area contributed by atoms with Gasteiger partial charge >= 0.3 is 11.9 Å². The van der Waals surface area contributed by atoms with Gasteiger partial charge in [0.2, 0.25) is 0 Å². The van der Waals surface area contributed by atoms with Crippen LogP contribution in [0.5, 0.6) is 0 Å². The molecule has 5 nitrogen and oxygen atoms in total. The zero-order valence-electron chi connectivity index (χ0n) is 57.7. The van der Waals surface area contributed by atoms with Gasteiger partial charge in [0, 0.05) is 12.8 Å². The number of carbonyl (C=O) groups is 2. The molecule has 0 saturated carbocycles. The number of ether oxygens (including phenoxy) is 2. The summed E-state index contributed by atoms with van der Waals surface area (Å²) in [6.07, 6.45) is 98.8. The van der Waals surface area contributed by atoms with Crippen molar-refractivity contribution in [3.8, 4) is 0 Å². The van der Waals surface area contributed by atoms with Crippen molar-refractivity contribution in [2.24, 2.45) is 0 Å². The van der Waals surface area contributed by atoms with Crippen molar-refractivity contribution in [1.29, 1.82) is 0 Å². The van der Waals surface area contributed by atoms with Crippen LogP contribution in [0.4, 0.5) is 0 Å². The lowest BCUT2D eigenvalue weighted by Crippen LogP contribution is -2.28. The van der Waals surface area contributed by atoms with Crippen LogP contribution in [0.1, 0.15) is 463 Å². The largest absolute Gasteiger partial charge is 0.462 e. The zero-order valence-corrected chi connectivity index (χ0v) is 57.7. The van der Waals surface area contributed by atoms with Gasteiger partial charge in [-0.3, -0.25) is 9.59 Å². The van der Waals surface area contributed by atoms with Crippen molar-refractivity contribution in [1.82, 2.24) is 0 Å². The SMILES string of the molecule is CCCCCCCCCC/C=C\CCCCCCCCCCCCCCCCCCCC(=O)OC(CO)COC(=O)CCCCCCCCCCCCCCCCCCCCCCCCCCCCCCCCCCCCCCCCCCC. The molecule has 0 aliphatic carbocycles. The molecule has 1 atom stereocenters. The van der Waals surface area contributed by atoms with Gasteiger partial charge in [-0.25, -0.2) is 0 Å². The second kappa shape index (κ2) is 75.9.